The van der Waals surface area contributed by atoms with Gasteiger partial charge < -0.3 is 0 Å². The van der Waals surface area contributed by atoms with Gasteiger partial charge in [0, 0.05) is 0 Å². The Balaban J connectivity index is 2.78. The van der Waals surface area contributed by atoms with Crippen LogP contribution in [0.4, 0.5) is 5.69 Å². The molecule has 0 aliphatic heterocycles. The number of ether oxygens (including phenoxy) is 1. The minimum absolute atomic E-state index is 0.141. The first-order valence-electron chi connectivity index (χ1n) is 5.07. The van der Waals surface area contributed by atoms with Gasteiger partial charge in [-0.1, -0.05) is 0 Å². The van der Waals surface area contributed by atoms with Crippen LogP contribution in [0.2, 0.25) is 5.02 Å². The number of carbonyl (C=O) groups is 2. The fourth-order valence-electron chi connectivity index (χ4n) is 1.11. The molecule has 0 saturated carbocycles. The first-order valence-corrected chi connectivity index (χ1v) is 9.23. The summed E-state index contributed by atoms with van der Waals surface area (Å²) in [6.07, 6.45) is 0. The molecule has 0 aromatic heterocycles. The van der Waals surface area contributed by atoms with E-state index in [9.17, 15) is 11.8 Å². The molecule has 1 aromatic rings. The topological polar surface area (TPSA) is 72.5 Å². The zero-order valence-corrected chi connectivity index (χ0v) is 14.4. The third-order valence-electron chi connectivity index (χ3n) is 1.91. The van der Waals surface area contributed by atoms with E-state index < -0.39 is 39.1 Å². The van der Waals surface area contributed by atoms with Gasteiger partial charge in [0.2, 0.25) is 0 Å². The molecule has 5 nitrogen and oxygen atoms in total. The van der Waals surface area contributed by atoms with Crippen LogP contribution in [0.5, 0.6) is 0 Å². The van der Waals surface area contributed by atoms with E-state index in [1.54, 1.807) is 31.2 Å². The Bertz CT molecular complexity index is 508. The van der Waals surface area contributed by atoms with Crippen LogP contribution in [0.25, 0.3) is 0 Å². The quantitative estimate of drug-likeness (QED) is 0.509. The van der Waals surface area contributed by atoms with Crippen molar-refractivity contribution in [2.75, 3.05) is 11.9 Å². The van der Waals surface area contributed by atoms with Crippen molar-refractivity contribution < 1.29 is 43.8 Å². The van der Waals surface area contributed by atoms with Crippen molar-refractivity contribution in [1.82, 2.24) is 0 Å². The molecule has 0 atom stereocenters. The second kappa shape index (κ2) is 7.57. The Morgan fingerprint density at radius 3 is 2.44 bits per heavy atom. The third-order valence-corrected chi connectivity index (χ3v) is 4.81. The number of esters is 1. The number of hydrogen-bond donors (Lipinski definition) is 1. The number of anilines is 1. The number of amides is 1. The molecule has 0 saturated heterocycles. The van der Waals surface area contributed by atoms with Crippen molar-refractivity contribution >= 4 is 31.7 Å². The summed E-state index contributed by atoms with van der Waals surface area (Å²) in [6.45, 7) is 1.76. The van der Waals surface area contributed by atoms with Gasteiger partial charge in [0.25, 0.3) is 0 Å². The van der Waals surface area contributed by atoms with Crippen LogP contribution in [-0.2, 0) is 16.6 Å². The average Bonchev–Trinajstić information content (AvgIpc) is 2.33. The molecule has 1 amide bonds. The summed E-state index contributed by atoms with van der Waals surface area (Å²) in [5.41, 5.74) is 0.478. The predicted molar refractivity (Wildman–Crippen MR) is 62.4 cm³/mol. The fourth-order valence-corrected chi connectivity index (χ4v) is 2.53. The van der Waals surface area contributed by atoms with Gasteiger partial charge in [-0.3, -0.25) is 0 Å². The molecule has 0 radical (unpaired) electrons. The summed E-state index contributed by atoms with van der Waals surface area (Å²) in [5.74, 6) is -1.46. The van der Waals surface area contributed by atoms with E-state index in [-0.39, 0.29) is 9.13 Å². The van der Waals surface area contributed by atoms with Crippen molar-refractivity contribution in [2.45, 2.75) is 6.92 Å². The number of rotatable bonds is 4. The van der Waals surface area contributed by atoms with E-state index in [2.05, 4.69) is 10.1 Å². The SMILES string of the molecule is CCOC(=O)[C](=[U+2]=[O])C(=O)Nc1ccc(Cl)cc1. The normalized spacial score (nSPS) is 9.22. The Labute approximate surface area is 123 Å². The van der Waals surface area contributed by atoms with Crippen LogP contribution < -0.4 is 5.32 Å². The van der Waals surface area contributed by atoms with Crippen molar-refractivity contribution in [2.24, 2.45) is 0 Å². The molecule has 7 heteroatoms. The first kappa shape index (κ1) is 15.2. The molecule has 1 rings (SSSR count). The summed E-state index contributed by atoms with van der Waals surface area (Å²) in [4.78, 5) is 23.1. The molecule has 1 aromatic carbocycles. The second-order valence-electron chi connectivity index (χ2n) is 3.16. The van der Waals surface area contributed by atoms with E-state index in [4.69, 9.17) is 11.6 Å². The van der Waals surface area contributed by atoms with Crippen LogP contribution in [0.3, 0.4) is 0 Å². The molecule has 92 valence electrons. The van der Waals surface area contributed by atoms with E-state index in [0.29, 0.717) is 10.7 Å². The van der Waals surface area contributed by atoms with Crippen molar-refractivity contribution in [3.05, 3.63) is 29.3 Å². The van der Waals surface area contributed by atoms with E-state index in [0.717, 1.165) is 0 Å². The van der Waals surface area contributed by atoms with Crippen LogP contribution in [0, 0.1) is 27.3 Å². The minimum atomic E-state index is -2.78. The van der Waals surface area contributed by atoms with Crippen LogP contribution >= 0.6 is 11.6 Å². The van der Waals surface area contributed by atoms with Crippen molar-refractivity contribution in [3.63, 3.8) is 0 Å². The van der Waals surface area contributed by atoms with Crippen LogP contribution in [-0.4, -0.2) is 21.0 Å². The maximum absolute atomic E-state index is 11.7. The summed E-state index contributed by atoms with van der Waals surface area (Å²) in [5, 5.41) is 3.01. The van der Waals surface area contributed by atoms with Gasteiger partial charge >= 0.3 is 124 Å². The second-order valence-corrected chi connectivity index (χ2v) is 6.53. The predicted octanol–water partition coefficient (Wildman–Crippen LogP) is 1.44. The Morgan fingerprint density at radius 1 is 1.33 bits per heavy atom. The molecule has 0 heterocycles. The van der Waals surface area contributed by atoms with Gasteiger partial charge in [-0.15, -0.1) is 0 Å². The fraction of sp³-hybridized carbons (Fsp3) is 0.182. The van der Waals surface area contributed by atoms with Gasteiger partial charge in [-0.2, -0.15) is 0 Å². The van der Waals surface area contributed by atoms with Gasteiger partial charge in [0.1, 0.15) is 0 Å². The molecule has 0 fully saturated rings. The summed E-state index contributed by atoms with van der Waals surface area (Å²) >= 11 is 2.92. The molecule has 18 heavy (non-hydrogen) atoms. The maximum atomic E-state index is 11.7. The van der Waals surface area contributed by atoms with Gasteiger partial charge in [0.05, 0.1) is 0 Å². The molecule has 1 N–H and O–H groups in total. The zero-order chi connectivity index (χ0) is 13.5. The summed E-state index contributed by atoms with van der Waals surface area (Å²) in [7, 11) is 0. The van der Waals surface area contributed by atoms with E-state index in [1.165, 1.54) is 0 Å². The van der Waals surface area contributed by atoms with Gasteiger partial charge in [-0.05, 0) is 0 Å². The number of carbonyl (C=O) groups excluding carboxylic acids is 2. The zero-order valence-electron chi connectivity index (χ0n) is 9.53. The number of nitrogens with one attached hydrogen (secondary N) is 1. The van der Waals surface area contributed by atoms with Crippen LogP contribution in [0.1, 0.15) is 6.92 Å². The van der Waals surface area contributed by atoms with Gasteiger partial charge in [-0.25, -0.2) is 0 Å². The Kier molecular flexibility index (Phi) is 6.41. The molecule has 0 bridgehead atoms. The Hall–Kier alpha value is -0.828. The average molecular weight is 494 g/mol. The molecular formula is C11H10ClNO4U+2. The molecule has 0 aliphatic carbocycles. The summed E-state index contributed by atoms with van der Waals surface area (Å²) in [6, 6.07) is 6.37. The Morgan fingerprint density at radius 2 is 1.94 bits per heavy atom. The van der Waals surface area contributed by atoms with E-state index >= 15 is 0 Å². The number of benzene rings is 1. The molecule has 0 unspecified atom stereocenters. The third kappa shape index (κ3) is 4.45. The van der Waals surface area contributed by atoms with Crippen molar-refractivity contribution in [3.8, 4) is 0 Å². The summed E-state index contributed by atoms with van der Waals surface area (Å²) < 4.78 is 15.4. The van der Waals surface area contributed by atoms with Crippen LogP contribution in [0.15, 0.2) is 24.3 Å². The number of hydrogen-bond acceptors (Lipinski definition) is 4. The first-order chi connectivity index (χ1) is 8.58. The number of halogens is 1. The van der Waals surface area contributed by atoms with Gasteiger partial charge in [0.15, 0.2) is 0 Å². The molecule has 0 spiro atoms. The monoisotopic (exact) mass is 493 g/mol. The standard InChI is InChI=1S/C11H10ClNO3.O.U/c1-2-16-11(15)7-10(14)13-9-5-3-8(12)4-6-9;;/h3-6H,2H2,1H3,(H,13,14);;/q;;+2. The van der Waals surface area contributed by atoms with Crippen molar-refractivity contribution in [1.29, 1.82) is 0 Å². The molecule has 0 aliphatic rings. The van der Waals surface area contributed by atoms with E-state index in [1.807, 2.05) is 0 Å². The molecular weight excluding hydrogens is 484 g/mol.